The first-order valence-electron chi connectivity index (χ1n) is 6.58. The van der Waals surface area contributed by atoms with E-state index in [1.54, 1.807) is 18.3 Å². The quantitative estimate of drug-likeness (QED) is 0.907. The van der Waals surface area contributed by atoms with Crippen LogP contribution in [0.3, 0.4) is 0 Å². The number of carboxylic acids is 1. The molecule has 7 heteroatoms. The summed E-state index contributed by atoms with van der Waals surface area (Å²) in [4.78, 5) is 21.5. The van der Waals surface area contributed by atoms with Gasteiger partial charge in [0.25, 0.3) is 0 Å². The molecule has 1 aliphatic rings. The first kappa shape index (κ1) is 15.5. The van der Waals surface area contributed by atoms with Crippen molar-refractivity contribution in [2.45, 2.75) is 24.6 Å². The van der Waals surface area contributed by atoms with Gasteiger partial charge in [-0.2, -0.15) is 0 Å². The molecule has 0 amide bonds. The molecule has 2 unspecified atom stereocenters. The second-order valence-electron chi connectivity index (χ2n) is 5.15. The van der Waals surface area contributed by atoms with Crippen LogP contribution in [0.25, 0.3) is 0 Å². The fourth-order valence-corrected chi connectivity index (χ4v) is 4.67. The Morgan fingerprint density at radius 1 is 1.36 bits per heavy atom. The van der Waals surface area contributed by atoms with E-state index in [1.165, 1.54) is 23.1 Å². The minimum absolute atomic E-state index is 0.642. The third kappa shape index (κ3) is 2.66. The molecule has 3 rings (SSSR count). The Hall–Kier alpha value is -1.37. The molecule has 0 saturated heterocycles. The summed E-state index contributed by atoms with van der Waals surface area (Å²) in [7, 11) is 0. The van der Waals surface area contributed by atoms with Crippen LogP contribution in [0.5, 0.6) is 0 Å². The van der Waals surface area contributed by atoms with Crippen LogP contribution in [0.4, 0.5) is 0 Å². The van der Waals surface area contributed by atoms with Gasteiger partial charge in [-0.05, 0) is 26.0 Å². The predicted molar refractivity (Wildman–Crippen MR) is 91.2 cm³/mol. The van der Waals surface area contributed by atoms with Crippen molar-refractivity contribution in [2.24, 2.45) is 4.99 Å². The molecule has 2 heterocycles. The minimum Gasteiger partial charge on any atom is -0.480 e. The number of hydrogen-bond acceptors (Lipinski definition) is 5. The number of thioether (sulfide) groups is 1. The Kier molecular flexibility index (Phi) is 4.01. The van der Waals surface area contributed by atoms with Gasteiger partial charge in [0.15, 0.2) is 0 Å². The lowest BCUT2D eigenvalue weighted by Gasteiger charge is -2.23. The van der Waals surface area contributed by atoms with Crippen molar-refractivity contribution < 1.29 is 9.90 Å². The smallest absolute Gasteiger partial charge is 0.319 e. The van der Waals surface area contributed by atoms with Crippen LogP contribution in [0.1, 0.15) is 22.4 Å². The van der Waals surface area contributed by atoms with E-state index >= 15 is 0 Å². The highest BCUT2D eigenvalue weighted by Crippen LogP contribution is 2.46. The monoisotopic (exact) mass is 352 g/mol. The van der Waals surface area contributed by atoms with E-state index in [2.05, 4.69) is 4.98 Å². The molecule has 1 N–H and O–H groups in total. The topological polar surface area (TPSA) is 62.5 Å². The van der Waals surface area contributed by atoms with E-state index in [0.717, 1.165) is 20.5 Å². The van der Waals surface area contributed by atoms with E-state index in [4.69, 9.17) is 16.6 Å². The Morgan fingerprint density at radius 2 is 2.05 bits per heavy atom. The van der Waals surface area contributed by atoms with Gasteiger partial charge in [-0.3, -0.25) is 9.79 Å². The summed E-state index contributed by atoms with van der Waals surface area (Å²) >= 11 is 8.67. The Morgan fingerprint density at radius 3 is 2.59 bits per heavy atom. The minimum atomic E-state index is -0.869. The SMILES string of the molecule is Cc1ncc(C2(C)N=C(c3ccc(Cl)cc3)SC2C(=O)O)s1. The average Bonchev–Trinajstić information content (AvgIpc) is 3.05. The molecule has 1 aromatic carbocycles. The first-order chi connectivity index (χ1) is 10.4. The third-order valence-corrected chi connectivity index (χ3v) is 6.35. The van der Waals surface area contributed by atoms with E-state index in [1.807, 2.05) is 26.0 Å². The number of aromatic nitrogens is 1. The highest BCUT2D eigenvalue weighted by atomic mass is 35.5. The standard InChI is InChI=1S/C15H13ClN2O2S2/c1-8-17-7-11(21-8)15(2)12(14(19)20)22-13(18-15)9-3-5-10(16)6-4-9/h3-7,12H,1-2H3,(H,19,20). The van der Waals surface area contributed by atoms with Crippen molar-refractivity contribution in [3.63, 3.8) is 0 Å². The van der Waals surface area contributed by atoms with Crippen molar-refractivity contribution in [1.29, 1.82) is 0 Å². The maximum atomic E-state index is 11.7. The lowest BCUT2D eigenvalue weighted by Crippen LogP contribution is -2.34. The number of aryl methyl sites for hydroxylation is 1. The number of aliphatic carboxylic acids is 1. The molecular weight excluding hydrogens is 340 g/mol. The summed E-state index contributed by atoms with van der Waals surface area (Å²) in [5.41, 5.74) is 0.0721. The molecule has 4 nitrogen and oxygen atoms in total. The van der Waals surface area contributed by atoms with Crippen LogP contribution in [0, 0.1) is 6.92 Å². The fourth-order valence-electron chi connectivity index (χ4n) is 2.32. The Balaban J connectivity index is 2.05. The zero-order valence-corrected chi connectivity index (χ0v) is 14.3. The number of hydrogen-bond donors (Lipinski definition) is 1. The summed E-state index contributed by atoms with van der Waals surface area (Å²) in [5.74, 6) is -0.869. The molecule has 0 spiro atoms. The van der Waals surface area contributed by atoms with Crippen LogP contribution in [0.2, 0.25) is 5.02 Å². The summed E-state index contributed by atoms with van der Waals surface area (Å²) < 4.78 is 0. The van der Waals surface area contributed by atoms with Gasteiger partial charge < -0.3 is 5.11 Å². The van der Waals surface area contributed by atoms with Crippen LogP contribution in [-0.2, 0) is 10.3 Å². The van der Waals surface area contributed by atoms with Crippen molar-refractivity contribution in [1.82, 2.24) is 4.98 Å². The lowest BCUT2D eigenvalue weighted by atomic mass is 9.96. The molecule has 114 valence electrons. The van der Waals surface area contributed by atoms with Gasteiger partial charge in [0.05, 0.1) is 14.9 Å². The largest absolute Gasteiger partial charge is 0.480 e. The molecular formula is C15H13ClN2O2S2. The van der Waals surface area contributed by atoms with Crippen LogP contribution >= 0.6 is 34.7 Å². The predicted octanol–water partition coefficient (Wildman–Crippen LogP) is 3.97. The molecule has 2 atom stereocenters. The maximum absolute atomic E-state index is 11.7. The van der Waals surface area contributed by atoms with Crippen molar-refractivity contribution >= 4 is 45.7 Å². The third-order valence-electron chi connectivity index (χ3n) is 3.51. The number of rotatable bonds is 3. The zero-order chi connectivity index (χ0) is 15.9. The summed E-state index contributed by atoms with van der Waals surface area (Å²) in [6, 6.07) is 7.28. The molecule has 22 heavy (non-hydrogen) atoms. The number of thiazole rings is 1. The normalized spacial score (nSPS) is 24.3. The van der Waals surface area contributed by atoms with Gasteiger partial charge in [-0.25, -0.2) is 4.98 Å². The molecule has 1 aliphatic heterocycles. The molecule has 0 bridgehead atoms. The Labute approximate surface area is 141 Å². The number of nitrogens with zero attached hydrogens (tertiary/aromatic N) is 2. The van der Waals surface area contributed by atoms with E-state index in [-0.39, 0.29) is 0 Å². The molecule has 0 fully saturated rings. The van der Waals surface area contributed by atoms with Gasteiger partial charge in [0, 0.05) is 16.8 Å². The van der Waals surface area contributed by atoms with Crippen LogP contribution < -0.4 is 0 Å². The second kappa shape index (κ2) is 5.68. The van der Waals surface area contributed by atoms with E-state index < -0.39 is 16.8 Å². The highest BCUT2D eigenvalue weighted by molar-refractivity contribution is 8.15. The lowest BCUT2D eigenvalue weighted by molar-refractivity contribution is -0.137. The number of halogens is 1. The summed E-state index contributed by atoms with van der Waals surface area (Å²) in [5, 5.41) is 11.2. The van der Waals surface area contributed by atoms with Crippen molar-refractivity contribution in [2.75, 3.05) is 0 Å². The number of carbonyl (C=O) groups is 1. The number of aliphatic imine (C=N–C) groups is 1. The summed E-state index contributed by atoms with van der Waals surface area (Å²) in [6.07, 6.45) is 1.73. The van der Waals surface area contributed by atoms with Crippen LogP contribution in [0.15, 0.2) is 35.5 Å². The summed E-state index contributed by atoms with van der Waals surface area (Å²) in [6.45, 7) is 3.76. The average molecular weight is 353 g/mol. The van der Waals surface area contributed by atoms with E-state index in [0.29, 0.717) is 5.02 Å². The van der Waals surface area contributed by atoms with Crippen molar-refractivity contribution in [3.8, 4) is 0 Å². The Bertz CT molecular complexity index is 757. The highest BCUT2D eigenvalue weighted by Gasteiger charge is 2.48. The molecule has 1 aromatic heterocycles. The molecule has 0 aliphatic carbocycles. The zero-order valence-electron chi connectivity index (χ0n) is 11.9. The van der Waals surface area contributed by atoms with Gasteiger partial charge in [0.1, 0.15) is 10.8 Å². The molecule has 2 aromatic rings. The number of carboxylic acid groups (broad SMARTS) is 1. The van der Waals surface area contributed by atoms with Crippen LogP contribution in [-0.4, -0.2) is 26.4 Å². The number of benzene rings is 1. The first-order valence-corrected chi connectivity index (χ1v) is 8.66. The van der Waals surface area contributed by atoms with Gasteiger partial charge in [-0.1, -0.05) is 35.5 Å². The maximum Gasteiger partial charge on any atom is 0.319 e. The second-order valence-corrected chi connectivity index (χ2v) is 7.92. The molecule has 0 saturated carbocycles. The van der Waals surface area contributed by atoms with Gasteiger partial charge in [0.2, 0.25) is 0 Å². The fraction of sp³-hybridized carbons (Fsp3) is 0.267. The van der Waals surface area contributed by atoms with E-state index in [9.17, 15) is 9.90 Å². The van der Waals surface area contributed by atoms with Gasteiger partial charge in [-0.15, -0.1) is 11.3 Å². The molecule has 0 radical (unpaired) electrons. The van der Waals surface area contributed by atoms with Crippen molar-refractivity contribution in [3.05, 3.63) is 50.9 Å². The van der Waals surface area contributed by atoms with Gasteiger partial charge >= 0.3 is 5.97 Å².